The van der Waals surface area contributed by atoms with E-state index in [1.54, 1.807) is 47.4 Å². The molecule has 0 spiro atoms. The highest BCUT2D eigenvalue weighted by Crippen LogP contribution is 2.40. The van der Waals surface area contributed by atoms with Gasteiger partial charge in [0.25, 0.3) is 11.7 Å². The third-order valence-electron chi connectivity index (χ3n) is 5.89. The Kier molecular flexibility index (Phi) is 8.53. The summed E-state index contributed by atoms with van der Waals surface area (Å²) in [6.07, 6.45) is 0.714. The Hall–Kier alpha value is -2.83. The van der Waals surface area contributed by atoms with Gasteiger partial charge >= 0.3 is 0 Å². The number of aliphatic hydroxyl groups excluding tert-OH is 1. The zero-order chi connectivity index (χ0) is 24.0. The second kappa shape index (κ2) is 11.3. The van der Waals surface area contributed by atoms with Gasteiger partial charge in [-0.2, -0.15) is 0 Å². The summed E-state index contributed by atoms with van der Waals surface area (Å²) in [5.74, 6) is -0.940. The quantitative estimate of drug-likeness (QED) is 0.304. The molecule has 0 bridgehead atoms. The van der Waals surface area contributed by atoms with E-state index >= 15 is 0 Å². The van der Waals surface area contributed by atoms with Crippen LogP contribution in [0.5, 0.6) is 5.75 Å². The van der Waals surface area contributed by atoms with Crippen molar-refractivity contribution in [3.05, 3.63) is 70.3 Å². The highest BCUT2D eigenvalue weighted by Gasteiger charge is 2.45. The molecular formula is C26H31ClN2O4. The fourth-order valence-corrected chi connectivity index (χ4v) is 4.39. The van der Waals surface area contributed by atoms with E-state index in [-0.39, 0.29) is 11.3 Å². The number of halogens is 1. The van der Waals surface area contributed by atoms with Crippen molar-refractivity contribution in [2.75, 3.05) is 32.8 Å². The zero-order valence-corrected chi connectivity index (χ0v) is 20.1. The van der Waals surface area contributed by atoms with Gasteiger partial charge in [0.05, 0.1) is 18.2 Å². The van der Waals surface area contributed by atoms with E-state index in [1.807, 2.05) is 13.0 Å². The van der Waals surface area contributed by atoms with Gasteiger partial charge < -0.3 is 19.6 Å². The molecule has 0 saturated carbocycles. The van der Waals surface area contributed by atoms with Gasteiger partial charge in [0, 0.05) is 17.1 Å². The van der Waals surface area contributed by atoms with Crippen LogP contribution in [0.4, 0.5) is 0 Å². The number of carbonyl (C=O) groups is 2. The molecule has 1 aliphatic rings. The average molecular weight is 471 g/mol. The number of benzene rings is 2. The van der Waals surface area contributed by atoms with E-state index in [2.05, 4.69) is 18.7 Å². The Morgan fingerprint density at radius 3 is 2.48 bits per heavy atom. The van der Waals surface area contributed by atoms with Crippen LogP contribution in [-0.2, 0) is 9.59 Å². The lowest BCUT2D eigenvalue weighted by Crippen LogP contribution is -2.33. The van der Waals surface area contributed by atoms with Crippen LogP contribution in [0.3, 0.4) is 0 Å². The lowest BCUT2D eigenvalue weighted by Gasteiger charge is -2.27. The summed E-state index contributed by atoms with van der Waals surface area (Å²) in [5, 5.41) is 11.7. The number of hydrogen-bond donors (Lipinski definition) is 1. The Labute approximate surface area is 200 Å². The summed E-state index contributed by atoms with van der Waals surface area (Å²) in [5.41, 5.74) is 1.18. The molecule has 1 N–H and O–H groups in total. The monoisotopic (exact) mass is 470 g/mol. The fraction of sp³-hybridized carbons (Fsp3) is 0.385. The normalized spacial score (nSPS) is 17.7. The molecule has 1 saturated heterocycles. The largest absolute Gasteiger partial charge is 0.507 e. The number of rotatable bonds is 10. The second-order valence-electron chi connectivity index (χ2n) is 7.89. The molecule has 7 heteroatoms. The molecule has 176 valence electrons. The average Bonchev–Trinajstić information content (AvgIpc) is 3.07. The van der Waals surface area contributed by atoms with Gasteiger partial charge in [0.2, 0.25) is 0 Å². The van der Waals surface area contributed by atoms with Crippen molar-refractivity contribution in [3.63, 3.8) is 0 Å². The molecule has 33 heavy (non-hydrogen) atoms. The number of aliphatic hydroxyl groups is 1. The Morgan fingerprint density at radius 2 is 1.82 bits per heavy atom. The van der Waals surface area contributed by atoms with Gasteiger partial charge in [-0.25, -0.2) is 0 Å². The maximum atomic E-state index is 13.1. The molecule has 0 aliphatic carbocycles. The highest BCUT2D eigenvalue weighted by molar-refractivity contribution is 6.46. The predicted octanol–water partition coefficient (Wildman–Crippen LogP) is 4.89. The summed E-state index contributed by atoms with van der Waals surface area (Å²) in [4.78, 5) is 30.0. The second-order valence-corrected chi connectivity index (χ2v) is 8.33. The fourth-order valence-electron chi connectivity index (χ4n) is 4.19. The van der Waals surface area contributed by atoms with E-state index in [0.717, 1.165) is 19.6 Å². The molecule has 1 aliphatic heterocycles. The predicted molar refractivity (Wildman–Crippen MR) is 130 cm³/mol. The topological polar surface area (TPSA) is 70.1 Å². The van der Waals surface area contributed by atoms with Gasteiger partial charge in [0.1, 0.15) is 11.5 Å². The number of hydrogen-bond acceptors (Lipinski definition) is 5. The Balaban J connectivity index is 2.04. The van der Waals surface area contributed by atoms with E-state index in [9.17, 15) is 14.7 Å². The molecule has 1 fully saturated rings. The van der Waals surface area contributed by atoms with Crippen LogP contribution in [0.2, 0.25) is 5.02 Å². The van der Waals surface area contributed by atoms with E-state index in [1.165, 1.54) is 0 Å². The maximum Gasteiger partial charge on any atom is 0.295 e. The van der Waals surface area contributed by atoms with Gasteiger partial charge in [-0.1, -0.05) is 49.7 Å². The number of Topliss-reactive ketones (excluding diaryl/α,β-unsaturated/α-hetero) is 1. The van der Waals surface area contributed by atoms with E-state index < -0.39 is 17.7 Å². The first-order valence-electron chi connectivity index (χ1n) is 11.4. The Bertz CT molecular complexity index is 1030. The summed E-state index contributed by atoms with van der Waals surface area (Å²) in [7, 11) is 0. The molecule has 1 atom stereocenters. The van der Waals surface area contributed by atoms with Crippen LogP contribution in [0, 0.1) is 0 Å². The third kappa shape index (κ3) is 5.57. The number of likely N-dealkylation sites (tertiary alicyclic amines) is 1. The van der Waals surface area contributed by atoms with Crippen molar-refractivity contribution in [2.24, 2.45) is 0 Å². The van der Waals surface area contributed by atoms with E-state index in [4.69, 9.17) is 16.3 Å². The molecule has 1 amide bonds. The van der Waals surface area contributed by atoms with Crippen LogP contribution < -0.4 is 4.74 Å². The first kappa shape index (κ1) is 24.8. The molecular weight excluding hydrogens is 440 g/mol. The first-order valence-corrected chi connectivity index (χ1v) is 11.8. The van der Waals surface area contributed by atoms with Crippen LogP contribution in [0.25, 0.3) is 5.76 Å². The Morgan fingerprint density at radius 1 is 1.09 bits per heavy atom. The number of carbonyl (C=O) groups excluding carboxylic acids is 2. The van der Waals surface area contributed by atoms with Crippen molar-refractivity contribution in [1.29, 1.82) is 0 Å². The SMILES string of the molecule is CCOc1cccc(/C(O)=C2\C(=O)C(=O)N(CCCN(CC)CC)C2c2cccc(Cl)c2)c1. The summed E-state index contributed by atoms with van der Waals surface area (Å²) in [6, 6.07) is 13.3. The number of amides is 1. The first-order chi connectivity index (χ1) is 15.9. The van der Waals surface area contributed by atoms with Gasteiger partial charge in [-0.05, 0) is 62.8 Å². The highest BCUT2D eigenvalue weighted by atomic mass is 35.5. The van der Waals surface area contributed by atoms with Gasteiger partial charge in [0.15, 0.2) is 0 Å². The number of ether oxygens (including phenoxy) is 1. The van der Waals surface area contributed by atoms with Gasteiger partial charge in [-0.15, -0.1) is 0 Å². The lowest BCUT2D eigenvalue weighted by atomic mass is 9.95. The summed E-state index contributed by atoms with van der Waals surface area (Å²) < 4.78 is 5.53. The molecule has 3 rings (SSSR count). The smallest absolute Gasteiger partial charge is 0.295 e. The molecule has 2 aromatic carbocycles. The zero-order valence-electron chi connectivity index (χ0n) is 19.4. The molecule has 1 heterocycles. The van der Waals surface area contributed by atoms with Gasteiger partial charge in [-0.3, -0.25) is 9.59 Å². The van der Waals surface area contributed by atoms with Crippen molar-refractivity contribution in [3.8, 4) is 5.75 Å². The molecule has 0 radical (unpaired) electrons. The molecule has 2 aromatic rings. The third-order valence-corrected chi connectivity index (χ3v) is 6.13. The minimum atomic E-state index is -0.712. The minimum Gasteiger partial charge on any atom is -0.507 e. The van der Waals surface area contributed by atoms with Crippen molar-refractivity contribution in [2.45, 2.75) is 33.2 Å². The van der Waals surface area contributed by atoms with Crippen LogP contribution in [-0.4, -0.2) is 59.4 Å². The van der Waals surface area contributed by atoms with E-state index in [0.29, 0.717) is 41.5 Å². The molecule has 6 nitrogen and oxygen atoms in total. The maximum absolute atomic E-state index is 13.1. The summed E-state index contributed by atoms with van der Waals surface area (Å²) in [6.45, 7) is 9.59. The van der Waals surface area contributed by atoms with Crippen molar-refractivity contribution < 1.29 is 19.4 Å². The number of nitrogens with zero attached hydrogens (tertiary/aromatic N) is 2. The van der Waals surface area contributed by atoms with Crippen LogP contribution >= 0.6 is 11.6 Å². The lowest BCUT2D eigenvalue weighted by molar-refractivity contribution is -0.140. The summed E-state index contributed by atoms with van der Waals surface area (Å²) >= 11 is 6.24. The van der Waals surface area contributed by atoms with Crippen molar-refractivity contribution >= 4 is 29.1 Å². The minimum absolute atomic E-state index is 0.0683. The van der Waals surface area contributed by atoms with Crippen molar-refractivity contribution in [1.82, 2.24) is 9.80 Å². The molecule has 1 unspecified atom stereocenters. The standard InChI is InChI=1S/C26H31ClN2O4/c1-4-28(5-2)14-9-15-29-23(18-10-7-12-20(27)16-18)22(25(31)26(29)32)24(30)19-11-8-13-21(17-19)33-6-3/h7-8,10-13,16-17,23,30H,4-6,9,14-15H2,1-3H3/b24-22+. The molecule has 0 aromatic heterocycles. The van der Waals surface area contributed by atoms with Crippen LogP contribution in [0.1, 0.15) is 44.4 Å². The number of ketones is 1. The van der Waals surface area contributed by atoms with Crippen LogP contribution in [0.15, 0.2) is 54.1 Å².